The number of urea groups is 1. The molecular weight excluding hydrogens is 272 g/mol. The summed E-state index contributed by atoms with van der Waals surface area (Å²) in [5, 5.41) is 3.22. The zero-order valence-electron chi connectivity index (χ0n) is 9.69. The first-order valence-corrected chi connectivity index (χ1v) is 7.10. The molecule has 3 amide bonds. The Morgan fingerprint density at radius 1 is 1.39 bits per heavy atom. The Bertz CT molecular complexity index is 451. The molecule has 0 atom stereocenters. The molecule has 0 radical (unpaired) electrons. The Hall–Kier alpha value is -1.20. The molecule has 1 N–H and O–H groups in total. The van der Waals surface area contributed by atoms with Gasteiger partial charge in [-0.2, -0.15) is 11.8 Å². The number of imide groups is 1. The summed E-state index contributed by atoms with van der Waals surface area (Å²) in [5.41, 5.74) is 1.14. The van der Waals surface area contributed by atoms with Crippen molar-refractivity contribution in [2.45, 2.75) is 5.75 Å². The van der Waals surface area contributed by atoms with Crippen LogP contribution in [0.15, 0.2) is 24.3 Å². The average molecular weight is 285 g/mol. The van der Waals surface area contributed by atoms with Gasteiger partial charge in [0.2, 0.25) is 5.91 Å². The van der Waals surface area contributed by atoms with Crippen LogP contribution in [0.25, 0.3) is 0 Å². The molecule has 0 aliphatic carbocycles. The Balaban J connectivity index is 1.73. The summed E-state index contributed by atoms with van der Waals surface area (Å²) in [5.74, 6) is 1.40. The van der Waals surface area contributed by atoms with Crippen molar-refractivity contribution < 1.29 is 9.59 Å². The second-order valence-electron chi connectivity index (χ2n) is 3.89. The number of rotatable bonds is 5. The minimum absolute atomic E-state index is 0.123. The van der Waals surface area contributed by atoms with E-state index < -0.39 is 0 Å². The predicted octanol–water partition coefficient (Wildman–Crippen LogP) is 2.12. The van der Waals surface area contributed by atoms with Crippen molar-refractivity contribution in [3.8, 4) is 0 Å². The summed E-state index contributed by atoms with van der Waals surface area (Å²) < 4.78 is 0. The van der Waals surface area contributed by atoms with Gasteiger partial charge >= 0.3 is 6.03 Å². The largest absolute Gasteiger partial charge is 0.329 e. The molecule has 18 heavy (non-hydrogen) atoms. The molecule has 2 rings (SSSR count). The van der Waals surface area contributed by atoms with E-state index in [1.165, 1.54) is 4.90 Å². The third-order valence-corrected chi connectivity index (χ3v) is 3.80. The van der Waals surface area contributed by atoms with Crippen LogP contribution in [-0.2, 0) is 10.5 Å². The van der Waals surface area contributed by atoms with Crippen LogP contribution < -0.4 is 5.32 Å². The monoisotopic (exact) mass is 284 g/mol. The van der Waals surface area contributed by atoms with Gasteiger partial charge in [0.15, 0.2) is 0 Å². The predicted molar refractivity (Wildman–Crippen MR) is 72.7 cm³/mol. The molecule has 1 aromatic rings. The van der Waals surface area contributed by atoms with Crippen LogP contribution in [-0.4, -0.2) is 35.7 Å². The van der Waals surface area contributed by atoms with E-state index in [4.69, 9.17) is 11.6 Å². The molecule has 1 fully saturated rings. The Morgan fingerprint density at radius 3 is 2.89 bits per heavy atom. The molecule has 1 heterocycles. The van der Waals surface area contributed by atoms with E-state index in [9.17, 15) is 9.59 Å². The van der Waals surface area contributed by atoms with Gasteiger partial charge in [0.25, 0.3) is 0 Å². The number of amides is 3. The fourth-order valence-electron chi connectivity index (χ4n) is 1.65. The van der Waals surface area contributed by atoms with Crippen LogP contribution in [0.3, 0.4) is 0 Å². The number of hydrogen-bond donors (Lipinski definition) is 1. The van der Waals surface area contributed by atoms with Crippen LogP contribution in [0.4, 0.5) is 4.79 Å². The normalized spacial score (nSPS) is 15.1. The average Bonchev–Trinajstić information content (AvgIpc) is 2.66. The standard InChI is InChI=1S/C12H13ClN2O2S/c13-10-3-1-2-9(6-10)8-18-5-4-15-11(16)7-14-12(15)17/h1-3,6H,4-5,7-8H2,(H,14,17). The highest BCUT2D eigenvalue weighted by Crippen LogP contribution is 2.16. The van der Waals surface area contributed by atoms with Gasteiger partial charge in [0, 0.05) is 23.1 Å². The van der Waals surface area contributed by atoms with Gasteiger partial charge in [-0.1, -0.05) is 23.7 Å². The lowest BCUT2D eigenvalue weighted by atomic mass is 10.2. The van der Waals surface area contributed by atoms with E-state index in [0.29, 0.717) is 6.54 Å². The minimum Gasteiger partial charge on any atom is -0.329 e. The number of carbonyl (C=O) groups is 2. The molecule has 0 spiro atoms. The number of thioether (sulfide) groups is 1. The van der Waals surface area contributed by atoms with Crippen molar-refractivity contribution in [3.05, 3.63) is 34.9 Å². The maximum Gasteiger partial charge on any atom is 0.324 e. The van der Waals surface area contributed by atoms with Gasteiger partial charge in [0.05, 0.1) is 6.54 Å². The SMILES string of the molecule is O=C1CNC(=O)N1CCSCc1cccc(Cl)c1. The van der Waals surface area contributed by atoms with Crippen LogP contribution in [0.2, 0.25) is 5.02 Å². The topological polar surface area (TPSA) is 49.4 Å². The zero-order chi connectivity index (χ0) is 13.0. The van der Waals surface area contributed by atoms with Gasteiger partial charge in [-0.15, -0.1) is 0 Å². The molecule has 1 saturated heterocycles. The van der Waals surface area contributed by atoms with Crippen molar-refractivity contribution in [1.82, 2.24) is 10.2 Å². The van der Waals surface area contributed by atoms with Crippen LogP contribution >= 0.6 is 23.4 Å². The quantitative estimate of drug-likeness (QED) is 0.666. The highest BCUT2D eigenvalue weighted by molar-refractivity contribution is 7.98. The fourth-order valence-corrected chi connectivity index (χ4v) is 2.74. The van der Waals surface area contributed by atoms with Crippen LogP contribution in [0, 0.1) is 0 Å². The van der Waals surface area contributed by atoms with E-state index in [1.54, 1.807) is 11.8 Å². The summed E-state index contributed by atoms with van der Waals surface area (Å²) in [6, 6.07) is 7.39. The van der Waals surface area contributed by atoms with Gasteiger partial charge in [-0.3, -0.25) is 9.69 Å². The maximum absolute atomic E-state index is 11.3. The number of benzene rings is 1. The highest BCUT2D eigenvalue weighted by Gasteiger charge is 2.27. The van der Waals surface area contributed by atoms with Crippen LogP contribution in [0.5, 0.6) is 0 Å². The summed E-state index contributed by atoms with van der Waals surface area (Å²) >= 11 is 7.56. The van der Waals surface area contributed by atoms with Gasteiger partial charge < -0.3 is 5.32 Å². The maximum atomic E-state index is 11.3. The first-order valence-electron chi connectivity index (χ1n) is 5.57. The number of hydrogen-bond acceptors (Lipinski definition) is 3. The Kier molecular flexibility index (Phi) is 4.49. The molecule has 0 bridgehead atoms. The van der Waals surface area contributed by atoms with Gasteiger partial charge in [0.1, 0.15) is 0 Å². The number of nitrogens with one attached hydrogen (secondary N) is 1. The summed E-state index contributed by atoms with van der Waals surface area (Å²) in [6.45, 7) is 0.577. The third kappa shape index (κ3) is 3.40. The molecule has 1 aliphatic heterocycles. The second-order valence-corrected chi connectivity index (χ2v) is 5.43. The first kappa shape index (κ1) is 13.2. The lowest BCUT2D eigenvalue weighted by Crippen LogP contribution is -2.32. The Labute approximate surface area is 115 Å². The number of halogens is 1. The number of carbonyl (C=O) groups excluding carboxylic acids is 2. The van der Waals surface area contributed by atoms with Crippen LogP contribution in [0.1, 0.15) is 5.56 Å². The second kappa shape index (κ2) is 6.11. The first-order chi connectivity index (χ1) is 8.66. The number of nitrogens with zero attached hydrogens (tertiary/aromatic N) is 1. The smallest absolute Gasteiger partial charge is 0.324 e. The van der Waals surface area contributed by atoms with E-state index >= 15 is 0 Å². The molecule has 6 heteroatoms. The zero-order valence-corrected chi connectivity index (χ0v) is 11.3. The van der Waals surface area contributed by atoms with Crippen molar-refractivity contribution >= 4 is 35.3 Å². The van der Waals surface area contributed by atoms with Crippen molar-refractivity contribution in [2.24, 2.45) is 0 Å². The van der Waals surface area contributed by atoms with E-state index in [0.717, 1.165) is 22.1 Å². The molecule has 1 aromatic carbocycles. The highest BCUT2D eigenvalue weighted by atomic mass is 35.5. The third-order valence-electron chi connectivity index (χ3n) is 2.55. The lowest BCUT2D eigenvalue weighted by molar-refractivity contribution is -0.124. The van der Waals surface area contributed by atoms with E-state index in [1.807, 2.05) is 24.3 Å². The van der Waals surface area contributed by atoms with Crippen molar-refractivity contribution in [2.75, 3.05) is 18.8 Å². The molecule has 0 aromatic heterocycles. The minimum atomic E-state index is -0.289. The van der Waals surface area contributed by atoms with Gasteiger partial charge in [-0.05, 0) is 17.7 Å². The van der Waals surface area contributed by atoms with E-state index in [-0.39, 0.29) is 18.5 Å². The van der Waals surface area contributed by atoms with Crippen molar-refractivity contribution in [1.29, 1.82) is 0 Å². The van der Waals surface area contributed by atoms with E-state index in [2.05, 4.69) is 5.32 Å². The summed E-state index contributed by atoms with van der Waals surface area (Å²) in [7, 11) is 0. The van der Waals surface area contributed by atoms with Crippen molar-refractivity contribution in [3.63, 3.8) is 0 Å². The Morgan fingerprint density at radius 2 is 2.22 bits per heavy atom. The molecule has 96 valence electrons. The molecule has 0 saturated carbocycles. The molecule has 4 nitrogen and oxygen atoms in total. The summed E-state index contributed by atoms with van der Waals surface area (Å²) in [6.07, 6.45) is 0. The van der Waals surface area contributed by atoms with Gasteiger partial charge in [-0.25, -0.2) is 4.79 Å². The molecular formula is C12H13ClN2O2S. The molecule has 0 unspecified atom stereocenters. The summed E-state index contributed by atoms with van der Waals surface area (Å²) in [4.78, 5) is 23.8. The lowest BCUT2D eigenvalue weighted by Gasteiger charge is -2.11. The fraction of sp³-hybridized carbons (Fsp3) is 0.333. The molecule has 1 aliphatic rings.